The van der Waals surface area contributed by atoms with Gasteiger partial charge in [-0.1, -0.05) is 6.07 Å². The topological polar surface area (TPSA) is 78.5 Å². The van der Waals surface area contributed by atoms with Gasteiger partial charge in [-0.25, -0.2) is 8.78 Å². The van der Waals surface area contributed by atoms with Crippen LogP contribution in [0.5, 0.6) is 0 Å². The zero-order valence-electron chi connectivity index (χ0n) is 10.4. The molecule has 2 heterocycles. The number of fused-ring (bicyclic) bond motifs is 1. The van der Waals surface area contributed by atoms with Gasteiger partial charge in [0.05, 0.1) is 17.3 Å². The van der Waals surface area contributed by atoms with Crippen LogP contribution in [-0.4, -0.2) is 27.2 Å². The summed E-state index contributed by atoms with van der Waals surface area (Å²) in [5, 5.41) is 12.7. The fourth-order valence-electron chi connectivity index (χ4n) is 1.77. The number of H-pyrrole nitrogens is 1. The maximum atomic E-state index is 13.7. The second kappa shape index (κ2) is 4.72. The van der Waals surface area contributed by atoms with E-state index in [9.17, 15) is 8.78 Å². The molecule has 0 radical (unpaired) electrons. The first kappa shape index (κ1) is 12.3. The Morgan fingerprint density at radius 1 is 1.20 bits per heavy atom. The van der Waals surface area contributed by atoms with Crippen molar-refractivity contribution in [3.8, 4) is 0 Å². The summed E-state index contributed by atoms with van der Waals surface area (Å²) in [6.45, 7) is 0. The lowest BCUT2D eigenvalue weighted by molar-refractivity contribution is 0.512. The minimum Gasteiger partial charge on any atom is -0.357 e. The molecule has 0 aliphatic heterocycles. The van der Waals surface area contributed by atoms with Gasteiger partial charge in [0, 0.05) is 7.05 Å². The largest absolute Gasteiger partial charge is 0.357 e. The molecule has 0 aliphatic rings. The number of anilines is 3. The van der Waals surface area contributed by atoms with Crippen LogP contribution in [0.2, 0.25) is 0 Å². The molecule has 0 fully saturated rings. The van der Waals surface area contributed by atoms with E-state index >= 15 is 0 Å². The number of nitrogens with zero attached hydrogens (tertiary/aromatic N) is 3. The summed E-state index contributed by atoms with van der Waals surface area (Å²) < 4.78 is 26.9. The zero-order chi connectivity index (χ0) is 14.1. The first-order chi connectivity index (χ1) is 9.69. The van der Waals surface area contributed by atoms with E-state index in [1.54, 1.807) is 7.05 Å². The molecule has 0 saturated carbocycles. The Hall–Kier alpha value is -2.77. The lowest BCUT2D eigenvalue weighted by atomic mass is 10.3. The molecule has 3 rings (SSSR count). The van der Waals surface area contributed by atoms with Crippen LogP contribution in [0.15, 0.2) is 24.4 Å². The molecule has 0 saturated heterocycles. The Morgan fingerprint density at radius 2 is 2.05 bits per heavy atom. The molecule has 0 amide bonds. The predicted octanol–water partition coefficient (Wildman–Crippen LogP) is 2.42. The summed E-state index contributed by atoms with van der Waals surface area (Å²) in [5.41, 5.74) is 0.483. The van der Waals surface area contributed by atoms with Gasteiger partial charge in [-0.2, -0.15) is 15.1 Å². The summed E-state index contributed by atoms with van der Waals surface area (Å²) in [6, 6.07) is 3.88. The number of aromatic nitrogens is 4. The molecule has 0 unspecified atom stereocenters. The number of rotatable bonds is 3. The fraction of sp³-hybridized carbons (Fsp3) is 0.0833. The predicted molar refractivity (Wildman–Crippen MR) is 70.9 cm³/mol. The molecule has 20 heavy (non-hydrogen) atoms. The number of aromatic amines is 1. The smallest absolute Gasteiger partial charge is 0.226 e. The molecule has 0 atom stereocenters. The van der Waals surface area contributed by atoms with Crippen molar-refractivity contribution in [1.82, 2.24) is 20.2 Å². The van der Waals surface area contributed by atoms with Crippen LogP contribution in [0.1, 0.15) is 0 Å². The third-order valence-corrected chi connectivity index (χ3v) is 2.74. The zero-order valence-corrected chi connectivity index (χ0v) is 10.4. The molecule has 2 aromatic heterocycles. The Morgan fingerprint density at radius 3 is 2.85 bits per heavy atom. The number of halogens is 2. The van der Waals surface area contributed by atoms with Crippen molar-refractivity contribution >= 4 is 28.5 Å². The number of benzene rings is 1. The van der Waals surface area contributed by atoms with Crippen LogP contribution in [0.25, 0.3) is 11.0 Å². The van der Waals surface area contributed by atoms with Gasteiger partial charge in [-0.05, 0) is 12.1 Å². The highest BCUT2D eigenvalue weighted by Gasteiger charge is 2.12. The molecule has 3 N–H and O–H groups in total. The first-order valence-corrected chi connectivity index (χ1v) is 5.79. The van der Waals surface area contributed by atoms with E-state index in [1.165, 1.54) is 18.3 Å². The molecular weight excluding hydrogens is 266 g/mol. The number of hydrogen-bond acceptors (Lipinski definition) is 5. The third-order valence-electron chi connectivity index (χ3n) is 2.74. The normalized spacial score (nSPS) is 10.8. The molecule has 1 aromatic carbocycles. The molecular formula is C12H10F2N6. The SMILES string of the molecule is CNc1nc(Nc2cccc(F)c2F)c2cn[nH]c2n1. The van der Waals surface area contributed by atoms with Crippen molar-refractivity contribution in [2.45, 2.75) is 0 Å². The lowest BCUT2D eigenvalue weighted by Crippen LogP contribution is -2.03. The summed E-state index contributed by atoms with van der Waals surface area (Å²) in [6.07, 6.45) is 1.51. The van der Waals surface area contributed by atoms with Crippen molar-refractivity contribution in [3.05, 3.63) is 36.0 Å². The lowest BCUT2D eigenvalue weighted by Gasteiger charge is -2.09. The quantitative estimate of drug-likeness (QED) is 0.684. The first-order valence-electron chi connectivity index (χ1n) is 5.79. The maximum Gasteiger partial charge on any atom is 0.226 e. The van der Waals surface area contributed by atoms with Crippen LogP contribution < -0.4 is 10.6 Å². The second-order valence-corrected chi connectivity index (χ2v) is 4.00. The minimum atomic E-state index is -0.964. The van der Waals surface area contributed by atoms with Crippen molar-refractivity contribution < 1.29 is 8.78 Å². The summed E-state index contributed by atoms with van der Waals surface area (Å²) in [7, 11) is 1.66. The van der Waals surface area contributed by atoms with Gasteiger partial charge in [0.1, 0.15) is 5.82 Å². The van der Waals surface area contributed by atoms with Gasteiger partial charge in [0.2, 0.25) is 5.95 Å². The number of hydrogen-bond donors (Lipinski definition) is 3. The summed E-state index contributed by atoms with van der Waals surface area (Å²) in [5.74, 6) is -1.23. The van der Waals surface area contributed by atoms with Crippen LogP contribution in [0.4, 0.5) is 26.2 Å². The minimum absolute atomic E-state index is 0.00625. The van der Waals surface area contributed by atoms with Gasteiger partial charge in [-0.15, -0.1) is 0 Å². The molecule has 8 heteroatoms. The highest BCUT2D eigenvalue weighted by Crippen LogP contribution is 2.26. The Balaban J connectivity index is 2.10. The third kappa shape index (κ3) is 2.00. The highest BCUT2D eigenvalue weighted by atomic mass is 19.2. The van der Waals surface area contributed by atoms with Crippen LogP contribution in [-0.2, 0) is 0 Å². The van der Waals surface area contributed by atoms with E-state index in [0.717, 1.165) is 6.07 Å². The van der Waals surface area contributed by atoms with Crippen LogP contribution >= 0.6 is 0 Å². The van der Waals surface area contributed by atoms with Gasteiger partial charge < -0.3 is 10.6 Å². The van der Waals surface area contributed by atoms with Gasteiger partial charge in [-0.3, -0.25) is 5.10 Å². The van der Waals surface area contributed by atoms with E-state index in [-0.39, 0.29) is 5.69 Å². The van der Waals surface area contributed by atoms with E-state index in [4.69, 9.17) is 0 Å². The standard InChI is InChI=1S/C12H10F2N6/c1-15-12-18-10(6-5-16-20-11(6)19-12)17-8-4-2-3-7(13)9(8)14/h2-5H,1H3,(H3,15,16,17,18,19,20). The van der Waals surface area contributed by atoms with Crippen molar-refractivity contribution in [2.75, 3.05) is 17.7 Å². The summed E-state index contributed by atoms with van der Waals surface area (Å²) >= 11 is 0. The Labute approximate surface area is 112 Å². The van der Waals surface area contributed by atoms with E-state index in [0.29, 0.717) is 22.8 Å². The van der Waals surface area contributed by atoms with Crippen LogP contribution in [0.3, 0.4) is 0 Å². The Kier molecular flexibility index (Phi) is 2.90. The monoisotopic (exact) mass is 276 g/mol. The molecule has 0 bridgehead atoms. The molecule has 0 aliphatic carbocycles. The average molecular weight is 276 g/mol. The van der Waals surface area contributed by atoms with Crippen molar-refractivity contribution in [3.63, 3.8) is 0 Å². The molecule has 3 aromatic rings. The van der Waals surface area contributed by atoms with Crippen molar-refractivity contribution in [2.24, 2.45) is 0 Å². The molecule has 102 valence electrons. The van der Waals surface area contributed by atoms with Gasteiger partial charge >= 0.3 is 0 Å². The van der Waals surface area contributed by atoms with E-state index in [1.807, 2.05) is 0 Å². The maximum absolute atomic E-state index is 13.7. The second-order valence-electron chi connectivity index (χ2n) is 4.00. The highest BCUT2D eigenvalue weighted by molar-refractivity contribution is 5.89. The van der Waals surface area contributed by atoms with Gasteiger partial charge in [0.25, 0.3) is 0 Å². The Bertz CT molecular complexity index is 770. The molecule has 6 nitrogen and oxygen atoms in total. The average Bonchev–Trinajstić information content (AvgIpc) is 2.92. The molecule has 0 spiro atoms. The van der Waals surface area contributed by atoms with E-state index in [2.05, 4.69) is 30.8 Å². The van der Waals surface area contributed by atoms with Crippen LogP contribution in [0, 0.1) is 11.6 Å². The van der Waals surface area contributed by atoms with Crippen molar-refractivity contribution in [1.29, 1.82) is 0 Å². The van der Waals surface area contributed by atoms with E-state index < -0.39 is 11.6 Å². The number of nitrogens with one attached hydrogen (secondary N) is 3. The summed E-state index contributed by atoms with van der Waals surface area (Å²) in [4.78, 5) is 8.32. The van der Waals surface area contributed by atoms with Gasteiger partial charge in [0.15, 0.2) is 17.3 Å². The fourth-order valence-corrected chi connectivity index (χ4v) is 1.77.